The molecule has 0 radical (unpaired) electrons. The molecule has 0 aliphatic carbocycles. The predicted octanol–water partition coefficient (Wildman–Crippen LogP) is 2.21. The average molecular weight is 273 g/mol. The Kier molecular flexibility index (Phi) is 5.80. The van der Waals surface area contributed by atoms with E-state index in [4.69, 9.17) is 9.47 Å². The number of thiol groups is 1. The third-order valence-corrected chi connectivity index (χ3v) is 5.05. The van der Waals surface area contributed by atoms with Gasteiger partial charge in [0.2, 0.25) is 0 Å². The van der Waals surface area contributed by atoms with Gasteiger partial charge in [-0.1, -0.05) is 6.92 Å². The standard InChI is InChI=1S/C14H27NO2S/c1-2-15(10-13-4-3-7-17-13)11-14(12-18)5-8-16-9-6-14/h13,18H,2-12H2,1H3. The number of likely N-dealkylation sites (N-methyl/N-ethyl adjacent to an activating group) is 1. The van der Waals surface area contributed by atoms with Crippen molar-refractivity contribution in [1.82, 2.24) is 4.90 Å². The van der Waals surface area contributed by atoms with Gasteiger partial charge in [0, 0.05) is 32.9 Å². The van der Waals surface area contributed by atoms with Gasteiger partial charge in [-0.3, -0.25) is 0 Å². The Morgan fingerprint density at radius 2 is 2.06 bits per heavy atom. The fourth-order valence-corrected chi connectivity index (χ4v) is 3.44. The van der Waals surface area contributed by atoms with Crippen LogP contribution in [0, 0.1) is 5.41 Å². The fourth-order valence-electron chi connectivity index (χ4n) is 3.03. The van der Waals surface area contributed by atoms with Crippen LogP contribution in [0.3, 0.4) is 0 Å². The van der Waals surface area contributed by atoms with E-state index < -0.39 is 0 Å². The van der Waals surface area contributed by atoms with Crippen LogP contribution in [0.5, 0.6) is 0 Å². The molecule has 0 saturated carbocycles. The second-order valence-corrected chi connectivity index (χ2v) is 6.05. The summed E-state index contributed by atoms with van der Waals surface area (Å²) >= 11 is 4.60. The van der Waals surface area contributed by atoms with Crippen molar-refractivity contribution in [2.75, 3.05) is 45.2 Å². The van der Waals surface area contributed by atoms with Crippen LogP contribution in [0.2, 0.25) is 0 Å². The van der Waals surface area contributed by atoms with Crippen LogP contribution in [0.25, 0.3) is 0 Å². The highest BCUT2D eigenvalue weighted by Crippen LogP contribution is 2.33. The molecule has 0 bridgehead atoms. The molecular weight excluding hydrogens is 246 g/mol. The molecule has 0 spiro atoms. The number of hydrogen-bond donors (Lipinski definition) is 1. The Labute approximate surface area is 117 Å². The summed E-state index contributed by atoms with van der Waals surface area (Å²) in [4.78, 5) is 2.55. The van der Waals surface area contributed by atoms with Gasteiger partial charge >= 0.3 is 0 Å². The summed E-state index contributed by atoms with van der Waals surface area (Å²) in [6, 6.07) is 0. The van der Waals surface area contributed by atoms with Gasteiger partial charge < -0.3 is 14.4 Å². The summed E-state index contributed by atoms with van der Waals surface area (Å²) in [5.41, 5.74) is 0.357. The zero-order chi connectivity index (χ0) is 12.8. The predicted molar refractivity (Wildman–Crippen MR) is 77.4 cm³/mol. The van der Waals surface area contributed by atoms with E-state index in [0.717, 1.165) is 58.0 Å². The maximum Gasteiger partial charge on any atom is 0.0702 e. The summed E-state index contributed by atoms with van der Waals surface area (Å²) in [7, 11) is 0. The molecule has 106 valence electrons. The molecule has 2 fully saturated rings. The Morgan fingerprint density at radius 3 is 2.61 bits per heavy atom. The molecule has 0 aromatic carbocycles. The molecule has 2 heterocycles. The van der Waals surface area contributed by atoms with Crippen LogP contribution in [0.15, 0.2) is 0 Å². The van der Waals surface area contributed by atoms with Gasteiger partial charge in [-0.05, 0) is 43.4 Å². The summed E-state index contributed by atoms with van der Waals surface area (Å²) in [6.07, 6.45) is 5.22. The van der Waals surface area contributed by atoms with Gasteiger partial charge in [0.25, 0.3) is 0 Å². The number of rotatable bonds is 6. The minimum Gasteiger partial charge on any atom is -0.381 e. The minimum atomic E-state index is 0.357. The Balaban J connectivity index is 1.86. The van der Waals surface area contributed by atoms with Gasteiger partial charge in [-0.15, -0.1) is 0 Å². The lowest BCUT2D eigenvalue weighted by molar-refractivity contribution is -0.00192. The molecule has 0 aromatic heterocycles. The van der Waals surface area contributed by atoms with Crippen LogP contribution in [-0.4, -0.2) is 56.2 Å². The van der Waals surface area contributed by atoms with Gasteiger partial charge in [0.1, 0.15) is 0 Å². The van der Waals surface area contributed by atoms with Crippen LogP contribution in [0.1, 0.15) is 32.6 Å². The third kappa shape index (κ3) is 3.86. The molecule has 18 heavy (non-hydrogen) atoms. The van der Waals surface area contributed by atoms with E-state index in [9.17, 15) is 0 Å². The first kappa shape index (κ1) is 14.6. The van der Waals surface area contributed by atoms with E-state index in [-0.39, 0.29) is 0 Å². The zero-order valence-electron chi connectivity index (χ0n) is 11.6. The molecule has 4 heteroatoms. The lowest BCUT2D eigenvalue weighted by Crippen LogP contribution is -2.45. The maximum absolute atomic E-state index is 5.76. The van der Waals surface area contributed by atoms with Crippen LogP contribution in [-0.2, 0) is 9.47 Å². The quantitative estimate of drug-likeness (QED) is 0.750. The molecule has 2 aliphatic rings. The molecule has 2 saturated heterocycles. The normalized spacial score (nSPS) is 27.8. The number of nitrogens with zero attached hydrogens (tertiary/aromatic N) is 1. The van der Waals surface area contributed by atoms with Gasteiger partial charge in [-0.2, -0.15) is 12.6 Å². The fraction of sp³-hybridized carbons (Fsp3) is 1.00. The van der Waals surface area contributed by atoms with E-state index in [1.165, 1.54) is 12.8 Å². The zero-order valence-corrected chi connectivity index (χ0v) is 12.5. The average Bonchev–Trinajstić information content (AvgIpc) is 2.92. The van der Waals surface area contributed by atoms with Gasteiger partial charge in [0.05, 0.1) is 6.10 Å². The van der Waals surface area contributed by atoms with Crippen molar-refractivity contribution in [3.63, 3.8) is 0 Å². The van der Waals surface area contributed by atoms with E-state index >= 15 is 0 Å². The molecular formula is C14H27NO2S. The highest BCUT2D eigenvalue weighted by atomic mass is 32.1. The van der Waals surface area contributed by atoms with Crippen molar-refractivity contribution in [2.45, 2.75) is 38.7 Å². The van der Waals surface area contributed by atoms with Crippen molar-refractivity contribution in [2.24, 2.45) is 5.41 Å². The Hall–Kier alpha value is 0.230. The van der Waals surface area contributed by atoms with E-state index in [1.54, 1.807) is 0 Å². The summed E-state index contributed by atoms with van der Waals surface area (Å²) in [6.45, 7) is 8.35. The van der Waals surface area contributed by atoms with E-state index in [2.05, 4.69) is 24.5 Å². The van der Waals surface area contributed by atoms with Crippen LogP contribution in [0.4, 0.5) is 0 Å². The molecule has 0 N–H and O–H groups in total. The molecule has 0 aromatic rings. The number of ether oxygens (including phenoxy) is 2. The SMILES string of the molecule is CCN(CC1CCCO1)CC1(CS)CCOCC1. The lowest BCUT2D eigenvalue weighted by Gasteiger charge is -2.40. The second kappa shape index (κ2) is 7.13. The molecule has 2 rings (SSSR count). The summed E-state index contributed by atoms with van der Waals surface area (Å²) in [5, 5.41) is 0. The number of hydrogen-bond acceptors (Lipinski definition) is 4. The van der Waals surface area contributed by atoms with Crippen molar-refractivity contribution in [3.05, 3.63) is 0 Å². The summed E-state index contributed by atoms with van der Waals surface area (Å²) < 4.78 is 11.3. The smallest absolute Gasteiger partial charge is 0.0702 e. The first-order valence-electron chi connectivity index (χ1n) is 7.30. The van der Waals surface area contributed by atoms with Crippen molar-refractivity contribution >= 4 is 12.6 Å². The Bertz CT molecular complexity index is 238. The van der Waals surface area contributed by atoms with E-state index in [1.807, 2.05) is 0 Å². The lowest BCUT2D eigenvalue weighted by atomic mass is 9.81. The molecule has 1 atom stereocenters. The third-order valence-electron chi connectivity index (χ3n) is 4.38. The first-order valence-corrected chi connectivity index (χ1v) is 7.94. The summed E-state index contributed by atoms with van der Waals surface area (Å²) in [5.74, 6) is 0.971. The highest BCUT2D eigenvalue weighted by molar-refractivity contribution is 7.80. The van der Waals surface area contributed by atoms with Crippen molar-refractivity contribution in [3.8, 4) is 0 Å². The highest BCUT2D eigenvalue weighted by Gasteiger charge is 2.33. The molecule has 3 nitrogen and oxygen atoms in total. The van der Waals surface area contributed by atoms with Crippen LogP contribution >= 0.6 is 12.6 Å². The molecule has 2 aliphatic heterocycles. The minimum absolute atomic E-state index is 0.357. The monoisotopic (exact) mass is 273 g/mol. The van der Waals surface area contributed by atoms with Gasteiger partial charge in [0.15, 0.2) is 0 Å². The van der Waals surface area contributed by atoms with E-state index in [0.29, 0.717) is 11.5 Å². The Morgan fingerprint density at radius 1 is 1.28 bits per heavy atom. The van der Waals surface area contributed by atoms with Crippen molar-refractivity contribution in [1.29, 1.82) is 0 Å². The molecule has 0 amide bonds. The topological polar surface area (TPSA) is 21.7 Å². The van der Waals surface area contributed by atoms with Crippen LogP contribution < -0.4 is 0 Å². The van der Waals surface area contributed by atoms with Gasteiger partial charge in [-0.25, -0.2) is 0 Å². The maximum atomic E-state index is 5.76. The second-order valence-electron chi connectivity index (χ2n) is 5.73. The first-order chi connectivity index (χ1) is 8.78. The largest absolute Gasteiger partial charge is 0.381 e. The molecule has 1 unspecified atom stereocenters. The van der Waals surface area contributed by atoms with Crippen molar-refractivity contribution < 1.29 is 9.47 Å².